The fraction of sp³-hybridized carbons (Fsp3) is 0.632. The second kappa shape index (κ2) is 38.4. The number of carboxylic acid groups (broad SMARTS) is 1. The Hall–Kier alpha value is -7.77. The van der Waals surface area contributed by atoms with Crippen molar-refractivity contribution in [3.63, 3.8) is 0 Å². The van der Waals surface area contributed by atoms with E-state index in [2.05, 4.69) is 31.9 Å². The lowest BCUT2D eigenvalue weighted by Gasteiger charge is -2.41. The summed E-state index contributed by atoms with van der Waals surface area (Å²) in [7, 11) is 6.51. The zero-order valence-electron chi connectivity index (χ0n) is 56.9. The Morgan fingerprint density at radius 3 is 1.91 bits per heavy atom. The number of nitrogens with one attached hydrogen (secondary N) is 6. The maximum absolute atomic E-state index is 14.9. The molecular formula is C68H105N11O14. The molecule has 11 amide bonds. The molecule has 1 saturated heterocycles. The number of rotatable bonds is 40. The van der Waals surface area contributed by atoms with Gasteiger partial charge in [-0.1, -0.05) is 118 Å². The Bertz CT molecular complexity index is 2840. The van der Waals surface area contributed by atoms with Crippen LogP contribution in [0.25, 0.3) is 0 Å². The number of primary amides is 1. The van der Waals surface area contributed by atoms with Gasteiger partial charge in [0.2, 0.25) is 41.4 Å². The van der Waals surface area contributed by atoms with Crippen LogP contribution < -0.4 is 37.6 Å². The van der Waals surface area contributed by atoms with Crippen LogP contribution in [-0.4, -0.2) is 199 Å². The number of anilines is 1. The lowest BCUT2D eigenvalue weighted by molar-refractivity contribution is -0.148. The molecule has 93 heavy (non-hydrogen) atoms. The number of hydrogen-bond acceptors (Lipinski definition) is 14. The number of aliphatic carboxylic acids is 1. The number of methoxy groups -OCH3 is 2. The molecule has 25 nitrogen and oxygen atoms in total. The first-order valence-electron chi connectivity index (χ1n) is 32.8. The average Bonchev–Trinajstić information content (AvgIpc) is 1.83. The van der Waals surface area contributed by atoms with E-state index in [-0.39, 0.29) is 104 Å². The summed E-state index contributed by atoms with van der Waals surface area (Å²) in [5.41, 5.74) is 7.36. The second-order valence-corrected chi connectivity index (χ2v) is 25.8. The summed E-state index contributed by atoms with van der Waals surface area (Å²) in [5, 5.41) is 26.8. The smallest absolute Gasteiger partial charge is 0.326 e. The van der Waals surface area contributed by atoms with E-state index in [0.717, 1.165) is 16.0 Å². The summed E-state index contributed by atoms with van der Waals surface area (Å²) >= 11 is 0. The summed E-state index contributed by atoms with van der Waals surface area (Å²) in [6, 6.07) is 9.55. The minimum atomic E-state index is -1.18. The van der Waals surface area contributed by atoms with Crippen LogP contribution in [0.1, 0.15) is 138 Å². The molecule has 2 aliphatic rings. The molecule has 0 spiro atoms. The first-order valence-corrected chi connectivity index (χ1v) is 32.8. The lowest BCUT2D eigenvalue weighted by Crippen LogP contribution is -2.60. The van der Waals surface area contributed by atoms with E-state index in [1.807, 2.05) is 71.7 Å². The molecule has 0 aliphatic carbocycles. The summed E-state index contributed by atoms with van der Waals surface area (Å²) in [5.74, 6) is -6.62. The minimum absolute atomic E-state index is 0.0900. The standard InChI is InChI=1S/C68H105N11O14/c1-14-44(8)60(52(92-12)40-56(83)78-37-22-26-51(78)61(93-13)45(9)62(84)73-50(67(89)90)39-47-23-17-15-18-24-47)77(11)66(88)58(42(4)5)75-65(87)59(43(6)7)76(10)38-34-46-28-30-48(31-29-46)71-63(85)49(25-21-35-70-68(69)91)72-64(86)57(41(2)3)74-53(80)27-19-16-20-36-79-54(81)32-33-55(79)82/h15,17-18,23-24,28-33,41-45,49-52,57-61H,14,16,19-22,25-27,34-40H2,1-13H3,(H,71,85)(H,72,86)(H,73,84)(H,74,80)(H,75,87)(H,89,90)(H3,69,70,91)/t44-,45+,49?,50-,51?,52+,57?,58?,59?,60-,61+/m0/s1. The first kappa shape index (κ1) is 77.7. The molecule has 0 bridgehead atoms. The average molecular weight is 1300 g/mol. The zero-order valence-corrected chi connectivity index (χ0v) is 56.9. The van der Waals surface area contributed by atoms with Crippen molar-refractivity contribution in [1.82, 2.24) is 46.2 Å². The second-order valence-electron chi connectivity index (χ2n) is 25.8. The van der Waals surface area contributed by atoms with E-state index < -0.39 is 90.1 Å². The number of benzene rings is 2. The molecule has 9 N–H and O–H groups in total. The lowest BCUT2D eigenvalue weighted by atomic mass is 9.89. The predicted molar refractivity (Wildman–Crippen MR) is 352 cm³/mol. The van der Waals surface area contributed by atoms with Gasteiger partial charge in [-0.15, -0.1) is 0 Å². The highest BCUT2D eigenvalue weighted by molar-refractivity contribution is 6.12. The van der Waals surface area contributed by atoms with Gasteiger partial charge < -0.3 is 62.0 Å². The minimum Gasteiger partial charge on any atom is -0.480 e. The number of amides is 11. The van der Waals surface area contributed by atoms with Crippen LogP contribution in [0.15, 0.2) is 66.7 Å². The summed E-state index contributed by atoms with van der Waals surface area (Å²) in [6.07, 6.45) is 5.36. The summed E-state index contributed by atoms with van der Waals surface area (Å²) in [4.78, 5) is 152. The van der Waals surface area contributed by atoms with E-state index in [4.69, 9.17) is 15.2 Å². The van der Waals surface area contributed by atoms with Crippen LogP contribution in [0.3, 0.4) is 0 Å². The van der Waals surface area contributed by atoms with Crippen molar-refractivity contribution in [3.8, 4) is 0 Å². The third kappa shape index (κ3) is 23.6. The highest BCUT2D eigenvalue weighted by atomic mass is 16.5. The molecule has 516 valence electrons. The van der Waals surface area contributed by atoms with Gasteiger partial charge in [0.1, 0.15) is 24.2 Å². The molecule has 5 unspecified atom stereocenters. The van der Waals surface area contributed by atoms with Crippen molar-refractivity contribution < 1.29 is 67.3 Å². The van der Waals surface area contributed by atoms with Crippen LogP contribution >= 0.6 is 0 Å². The molecular weight excluding hydrogens is 1190 g/mol. The molecule has 1 fully saturated rings. The Labute approximate surface area is 549 Å². The number of hydrogen-bond donors (Lipinski definition) is 8. The molecule has 4 rings (SSSR count). The molecule has 2 aliphatic heterocycles. The molecule has 0 saturated carbocycles. The van der Waals surface area contributed by atoms with Crippen LogP contribution in [0.2, 0.25) is 0 Å². The number of unbranched alkanes of at least 4 members (excludes halogenated alkanes) is 2. The maximum atomic E-state index is 14.9. The number of carboxylic acids is 1. The van der Waals surface area contributed by atoms with Gasteiger partial charge in [0.05, 0.1) is 42.7 Å². The van der Waals surface area contributed by atoms with Gasteiger partial charge in [0.15, 0.2) is 0 Å². The van der Waals surface area contributed by atoms with Crippen molar-refractivity contribution in [3.05, 3.63) is 77.9 Å². The van der Waals surface area contributed by atoms with Crippen LogP contribution in [0.5, 0.6) is 0 Å². The maximum Gasteiger partial charge on any atom is 0.326 e. The molecule has 2 heterocycles. The number of nitrogens with two attached hydrogens (primary N) is 1. The van der Waals surface area contributed by atoms with Gasteiger partial charge in [-0.05, 0) is 98.9 Å². The number of likely N-dealkylation sites (tertiary alicyclic amines) is 1. The molecule has 25 heteroatoms. The monoisotopic (exact) mass is 1300 g/mol. The predicted octanol–water partition coefficient (Wildman–Crippen LogP) is 4.56. The van der Waals surface area contributed by atoms with Gasteiger partial charge >= 0.3 is 12.0 Å². The van der Waals surface area contributed by atoms with Gasteiger partial charge in [0, 0.05) is 78.1 Å². The van der Waals surface area contributed by atoms with E-state index in [0.29, 0.717) is 63.7 Å². The quantitative estimate of drug-likeness (QED) is 0.0335. The first-order chi connectivity index (χ1) is 44.0. The van der Waals surface area contributed by atoms with E-state index >= 15 is 0 Å². The van der Waals surface area contributed by atoms with E-state index in [1.54, 1.807) is 74.0 Å². The number of carbonyl (C=O) groups is 11. The van der Waals surface area contributed by atoms with Crippen LogP contribution in [-0.2, 0) is 70.3 Å². The summed E-state index contributed by atoms with van der Waals surface area (Å²) in [6.45, 7) is 18.0. The number of likely N-dealkylation sites (N-methyl/N-ethyl adjacent to an activating group) is 2. The molecule has 0 aromatic heterocycles. The Balaban J connectivity index is 1.38. The van der Waals surface area contributed by atoms with Crippen molar-refractivity contribution in [2.75, 3.05) is 59.8 Å². The number of ether oxygens (including phenoxy) is 2. The van der Waals surface area contributed by atoms with Crippen molar-refractivity contribution in [2.45, 2.75) is 194 Å². The van der Waals surface area contributed by atoms with Gasteiger partial charge in [-0.25, -0.2) is 9.59 Å². The number of carbonyl (C=O) groups excluding carboxylic acids is 10. The fourth-order valence-electron chi connectivity index (χ4n) is 12.3. The molecule has 11 atom stereocenters. The van der Waals surface area contributed by atoms with Crippen molar-refractivity contribution in [2.24, 2.45) is 35.3 Å². The normalized spacial score (nSPS) is 17.2. The Morgan fingerprint density at radius 1 is 0.710 bits per heavy atom. The highest BCUT2D eigenvalue weighted by Gasteiger charge is 2.44. The Morgan fingerprint density at radius 2 is 1.34 bits per heavy atom. The topological polar surface area (TPSA) is 338 Å². The SMILES string of the molecule is CC[C@H](C)[C@@H]([C@@H](CC(=O)N1CCCC1[C@H](OC)[C@@H](C)C(=O)N[C@@H](Cc1ccccc1)C(=O)O)OC)N(C)C(=O)C(NC(=O)C(C(C)C)N(C)CCc1ccc(NC(=O)C(CCCNC(N)=O)NC(=O)C(NC(=O)CCCCCN2C(=O)C=CC2=O)C(C)C)cc1)C(C)C. The number of nitrogens with zero attached hydrogens (tertiary/aromatic N) is 4. The largest absolute Gasteiger partial charge is 0.480 e. The van der Waals surface area contributed by atoms with E-state index in [1.165, 1.54) is 26.4 Å². The Kier molecular flexibility index (Phi) is 32.1. The van der Waals surface area contributed by atoms with E-state index in [9.17, 15) is 57.8 Å². The van der Waals surface area contributed by atoms with Crippen molar-refractivity contribution >= 4 is 70.9 Å². The zero-order chi connectivity index (χ0) is 69.2. The fourth-order valence-corrected chi connectivity index (χ4v) is 12.3. The third-order valence-corrected chi connectivity index (χ3v) is 17.8. The number of urea groups is 1. The highest BCUT2D eigenvalue weighted by Crippen LogP contribution is 2.30. The van der Waals surface area contributed by atoms with Gasteiger partial charge in [-0.2, -0.15) is 0 Å². The number of imide groups is 1. The van der Waals surface area contributed by atoms with Gasteiger partial charge in [-0.3, -0.25) is 53.0 Å². The van der Waals surface area contributed by atoms with Gasteiger partial charge in [0.25, 0.3) is 11.8 Å². The molecule has 2 aromatic rings. The molecule has 2 aromatic carbocycles. The van der Waals surface area contributed by atoms with Crippen LogP contribution in [0, 0.1) is 29.6 Å². The summed E-state index contributed by atoms with van der Waals surface area (Å²) < 4.78 is 12.0. The van der Waals surface area contributed by atoms with Crippen LogP contribution in [0.4, 0.5) is 10.5 Å². The molecule has 0 radical (unpaired) electrons. The van der Waals surface area contributed by atoms with Crippen molar-refractivity contribution in [1.29, 1.82) is 0 Å². The third-order valence-electron chi connectivity index (χ3n) is 17.8.